The van der Waals surface area contributed by atoms with Crippen LogP contribution in [0.4, 0.5) is 18.3 Å². The number of anilines is 1. The van der Waals surface area contributed by atoms with Crippen molar-refractivity contribution in [3.8, 4) is 0 Å². The van der Waals surface area contributed by atoms with Crippen molar-refractivity contribution in [2.45, 2.75) is 25.6 Å². The van der Waals surface area contributed by atoms with Crippen LogP contribution in [0.15, 0.2) is 0 Å². The zero-order valence-corrected chi connectivity index (χ0v) is 8.91. The fourth-order valence-electron chi connectivity index (χ4n) is 0.701. The van der Waals surface area contributed by atoms with Crippen LogP contribution >= 0.6 is 11.3 Å². The Kier molecular flexibility index (Phi) is 3.19. The Morgan fingerprint density at radius 1 is 1.33 bits per heavy atom. The van der Waals surface area contributed by atoms with Crippen LogP contribution < -0.4 is 5.32 Å². The molecular weight excluding hydrogens is 231 g/mol. The lowest BCUT2D eigenvalue weighted by Crippen LogP contribution is -2.29. The maximum Gasteiger partial charge on any atom is 0.445 e. The van der Waals surface area contributed by atoms with Gasteiger partial charge in [0.1, 0.15) is 0 Å². The second kappa shape index (κ2) is 3.93. The standard InChI is InChI=1S/C7H10F3N3OS/c1-6(2,14)3-11-5-13-12-4(15-5)7(8,9)10/h14H,3H2,1-2H3,(H,11,13). The van der Waals surface area contributed by atoms with Gasteiger partial charge in [-0.25, -0.2) is 0 Å². The van der Waals surface area contributed by atoms with Crippen LogP contribution in [0.2, 0.25) is 0 Å². The van der Waals surface area contributed by atoms with Gasteiger partial charge in [-0.3, -0.25) is 0 Å². The number of hydrogen-bond donors (Lipinski definition) is 2. The highest BCUT2D eigenvalue weighted by atomic mass is 32.1. The number of alkyl halides is 3. The first-order valence-electron chi connectivity index (χ1n) is 4.05. The molecule has 1 aromatic rings. The number of rotatable bonds is 3. The Balaban J connectivity index is 2.62. The van der Waals surface area contributed by atoms with Crippen LogP contribution in [0.25, 0.3) is 0 Å². The number of aliphatic hydroxyl groups is 1. The molecule has 0 atom stereocenters. The number of aromatic nitrogens is 2. The van der Waals surface area contributed by atoms with Gasteiger partial charge in [0.15, 0.2) is 0 Å². The summed E-state index contributed by atoms with van der Waals surface area (Å²) in [6, 6.07) is 0. The summed E-state index contributed by atoms with van der Waals surface area (Å²) in [6.45, 7) is 3.18. The second-order valence-electron chi connectivity index (χ2n) is 3.58. The Labute approximate surface area is 88.1 Å². The fraction of sp³-hybridized carbons (Fsp3) is 0.714. The van der Waals surface area contributed by atoms with E-state index in [0.29, 0.717) is 11.3 Å². The Morgan fingerprint density at radius 3 is 2.33 bits per heavy atom. The van der Waals surface area contributed by atoms with E-state index < -0.39 is 16.8 Å². The van der Waals surface area contributed by atoms with Crippen molar-refractivity contribution in [2.24, 2.45) is 0 Å². The summed E-state index contributed by atoms with van der Waals surface area (Å²) in [6.07, 6.45) is -4.47. The van der Waals surface area contributed by atoms with Crippen LogP contribution in [0, 0.1) is 0 Å². The summed E-state index contributed by atoms with van der Waals surface area (Å²) < 4.78 is 36.3. The third kappa shape index (κ3) is 4.00. The molecular formula is C7H10F3N3OS. The van der Waals surface area contributed by atoms with E-state index in [0.717, 1.165) is 0 Å². The molecule has 8 heteroatoms. The molecule has 0 aliphatic heterocycles. The van der Waals surface area contributed by atoms with Gasteiger partial charge in [-0.1, -0.05) is 11.3 Å². The zero-order valence-electron chi connectivity index (χ0n) is 8.09. The van der Waals surface area contributed by atoms with Crippen LogP contribution in [0.3, 0.4) is 0 Å². The molecule has 1 heterocycles. The molecule has 4 nitrogen and oxygen atoms in total. The van der Waals surface area contributed by atoms with Crippen molar-refractivity contribution in [3.63, 3.8) is 0 Å². The molecule has 1 rings (SSSR count). The lowest BCUT2D eigenvalue weighted by Gasteiger charge is -2.16. The number of nitrogens with one attached hydrogen (secondary N) is 1. The summed E-state index contributed by atoms with van der Waals surface area (Å²) in [7, 11) is 0. The van der Waals surface area contributed by atoms with E-state index in [4.69, 9.17) is 0 Å². The van der Waals surface area contributed by atoms with Gasteiger partial charge in [0.2, 0.25) is 10.1 Å². The SMILES string of the molecule is CC(C)(O)CNc1nnc(C(F)(F)F)s1. The maximum atomic E-state index is 12.1. The highest BCUT2D eigenvalue weighted by Crippen LogP contribution is 2.32. The van der Waals surface area contributed by atoms with Gasteiger partial charge in [0, 0.05) is 6.54 Å². The first-order chi connectivity index (χ1) is 6.68. The first-order valence-corrected chi connectivity index (χ1v) is 4.87. The molecule has 0 radical (unpaired) electrons. The second-order valence-corrected chi connectivity index (χ2v) is 4.55. The molecule has 0 unspecified atom stereocenters. The van der Waals surface area contributed by atoms with Gasteiger partial charge in [-0.15, -0.1) is 10.2 Å². The minimum atomic E-state index is -4.47. The van der Waals surface area contributed by atoms with E-state index in [1.807, 2.05) is 0 Å². The predicted molar refractivity (Wildman–Crippen MR) is 49.7 cm³/mol. The lowest BCUT2D eigenvalue weighted by molar-refractivity contribution is -0.138. The monoisotopic (exact) mass is 241 g/mol. The fourth-order valence-corrected chi connectivity index (χ4v) is 1.31. The summed E-state index contributed by atoms with van der Waals surface area (Å²) in [4.78, 5) is 0. The minimum absolute atomic E-state index is 0.0458. The minimum Gasteiger partial charge on any atom is -0.389 e. The van der Waals surface area contributed by atoms with E-state index in [2.05, 4.69) is 15.5 Å². The highest BCUT2D eigenvalue weighted by Gasteiger charge is 2.35. The Hall–Kier alpha value is -0.890. The first kappa shape index (κ1) is 12.2. The number of nitrogens with zero attached hydrogens (tertiary/aromatic N) is 2. The molecule has 0 amide bonds. The van der Waals surface area contributed by atoms with Gasteiger partial charge >= 0.3 is 6.18 Å². The molecule has 2 N–H and O–H groups in total. The molecule has 0 fully saturated rings. The van der Waals surface area contributed by atoms with Gasteiger partial charge in [-0.05, 0) is 13.8 Å². The van der Waals surface area contributed by atoms with Crippen molar-refractivity contribution < 1.29 is 18.3 Å². The van der Waals surface area contributed by atoms with Crippen molar-refractivity contribution in [3.05, 3.63) is 5.01 Å². The maximum absolute atomic E-state index is 12.1. The van der Waals surface area contributed by atoms with E-state index in [9.17, 15) is 18.3 Å². The third-order valence-electron chi connectivity index (χ3n) is 1.34. The predicted octanol–water partition coefficient (Wildman–Crippen LogP) is 1.74. The quantitative estimate of drug-likeness (QED) is 0.846. The molecule has 0 spiro atoms. The number of halogens is 3. The number of hydrogen-bond acceptors (Lipinski definition) is 5. The molecule has 0 aliphatic carbocycles. The molecule has 86 valence electrons. The molecule has 0 bridgehead atoms. The Bertz CT molecular complexity index is 331. The van der Waals surface area contributed by atoms with Crippen molar-refractivity contribution >= 4 is 16.5 Å². The van der Waals surface area contributed by atoms with Crippen molar-refractivity contribution in [1.82, 2.24) is 10.2 Å². The smallest absolute Gasteiger partial charge is 0.389 e. The highest BCUT2D eigenvalue weighted by molar-refractivity contribution is 7.15. The average Bonchev–Trinajstić information content (AvgIpc) is 2.45. The molecule has 0 saturated heterocycles. The zero-order chi connectivity index (χ0) is 11.7. The molecule has 0 aliphatic rings. The van der Waals surface area contributed by atoms with E-state index in [-0.39, 0.29) is 11.7 Å². The van der Waals surface area contributed by atoms with Gasteiger partial charge in [-0.2, -0.15) is 13.2 Å². The van der Waals surface area contributed by atoms with Gasteiger partial charge in [0.25, 0.3) is 0 Å². The summed E-state index contributed by atoms with van der Waals surface area (Å²) >= 11 is 0.411. The topological polar surface area (TPSA) is 58.0 Å². The van der Waals surface area contributed by atoms with Crippen LogP contribution in [0.1, 0.15) is 18.9 Å². The van der Waals surface area contributed by atoms with Gasteiger partial charge in [0.05, 0.1) is 5.60 Å². The van der Waals surface area contributed by atoms with Gasteiger partial charge < -0.3 is 10.4 Å². The van der Waals surface area contributed by atoms with E-state index in [1.165, 1.54) is 13.8 Å². The molecule has 0 saturated carbocycles. The van der Waals surface area contributed by atoms with Crippen LogP contribution in [-0.4, -0.2) is 27.4 Å². The molecule has 1 aromatic heterocycles. The molecule has 15 heavy (non-hydrogen) atoms. The largest absolute Gasteiger partial charge is 0.445 e. The van der Waals surface area contributed by atoms with Crippen LogP contribution in [0.5, 0.6) is 0 Å². The average molecular weight is 241 g/mol. The molecule has 0 aromatic carbocycles. The van der Waals surface area contributed by atoms with E-state index >= 15 is 0 Å². The van der Waals surface area contributed by atoms with E-state index in [1.54, 1.807) is 0 Å². The normalized spacial score (nSPS) is 12.9. The van der Waals surface area contributed by atoms with Crippen LogP contribution in [-0.2, 0) is 6.18 Å². The van der Waals surface area contributed by atoms with Crippen molar-refractivity contribution in [2.75, 3.05) is 11.9 Å². The van der Waals surface area contributed by atoms with Crippen molar-refractivity contribution in [1.29, 1.82) is 0 Å². The Morgan fingerprint density at radius 2 is 1.93 bits per heavy atom. The third-order valence-corrected chi connectivity index (χ3v) is 2.27. The lowest BCUT2D eigenvalue weighted by atomic mass is 10.1. The summed E-state index contributed by atoms with van der Waals surface area (Å²) in [5.41, 5.74) is -1.01. The summed E-state index contributed by atoms with van der Waals surface area (Å²) in [5.74, 6) is 0. The summed E-state index contributed by atoms with van der Waals surface area (Å²) in [5, 5.41) is 17.2.